The highest BCUT2D eigenvalue weighted by atomic mass is 16.5. The molecule has 0 aliphatic carbocycles. The number of hydrazine groups is 1. The quantitative estimate of drug-likeness (QED) is 0.530. The molecule has 1 heterocycles. The molecule has 0 saturated carbocycles. The molecule has 1 aromatic carbocycles. The smallest absolute Gasteiger partial charge is 0.241 e. The van der Waals surface area contributed by atoms with Crippen LogP contribution in [-0.4, -0.2) is 13.0 Å². The predicted molar refractivity (Wildman–Crippen MR) is 53.0 cm³/mol. The molecule has 4 nitrogen and oxygen atoms in total. The Hall–Kier alpha value is -1.55. The molecule has 0 fully saturated rings. The topological polar surface area (TPSA) is 55.6 Å². The van der Waals surface area contributed by atoms with E-state index in [2.05, 4.69) is 0 Å². The van der Waals surface area contributed by atoms with Crippen LogP contribution in [0, 0.1) is 0 Å². The molecule has 1 amide bonds. The molecule has 74 valence electrons. The number of methoxy groups -OCH3 is 1. The SMILES string of the molecule is COc1ccc2c(c1)N(N)C(=O)CC2. The van der Waals surface area contributed by atoms with Crippen LogP contribution in [-0.2, 0) is 11.2 Å². The van der Waals surface area contributed by atoms with Crippen molar-refractivity contribution in [2.45, 2.75) is 12.8 Å². The Morgan fingerprint density at radius 1 is 1.43 bits per heavy atom. The van der Waals surface area contributed by atoms with Crippen LogP contribution in [0.15, 0.2) is 18.2 Å². The van der Waals surface area contributed by atoms with Gasteiger partial charge in [0.15, 0.2) is 0 Å². The molecule has 2 N–H and O–H groups in total. The van der Waals surface area contributed by atoms with Crippen LogP contribution >= 0.6 is 0 Å². The summed E-state index contributed by atoms with van der Waals surface area (Å²) in [6.07, 6.45) is 1.24. The Bertz CT molecular complexity index is 376. The number of carbonyl (C=O) groups excluding carboxylic acids is 1. The van der Waals surface area contributed by atoms with E-state index < -0.39 is 0 Å². The fraction of sp³-hybridized carbons (Fsp3) is 0.300. The van der Waals surface area contributed by atoms with Gasteiger partial charge in [-0.1, -0.05) is 6.07 Å². The number of nitrogens with two attached hydrogens (primary N) is 1. The molecule has 1 aromatic rings. The maximum Gasteiger partial charge on any atom is 0.241 e. The highest BCUT2D eigenvalue weighted by molar-refractivity contribution is 5.95. The second-order valence-corrected chi connectivity index (χ2v) is 3.26. The minimum Gasteiger partial charge on any atom is -0.497 e. The van der Waals surface area contributed by atoms with Crippen LogP contribution in [0.4, 0.5) is 5.69 Å². The van der Waals surface area contributed by atoms with Gasteiger partial charge < -0.3 is 4.74 Å². The number of carbonyl (C=O) groups is 1. The maximum absolute atomic E-state index is 11.3. The normalized spacial score (nSPS) is 15.3. The molecule has 0 saturated heterocycles. The van der Waals surface area contributed by atoms with Crippen LogP contribution in [0.1, 0.15) is 12.0 Å². The standard InChI is InChI=1S/C10H12N2O2/c1-14-8-4-2-7-3-5-10(13)12(11)9(7)6-8/h2,4,6H,3,5,11H2,1H3. The molecule has 4 heteroatoms. The molecule has 14 heavy (non-hydrogen) atoms. The van der Waals surface area contributed by atoms with Crippen LogP contribution in [0.3, 0.4) is 0 Å². The van der Waals surface area contributed by atoms with Gasteiger partial charge in [-0.3, -0.25) is 4.79 Å². The number of benzene rings is 1. The van der Waals surface area contributed by atoms with Gasteiger partial charge in [0.25, 0.3) is 0 Å². The van der Waals surface area contributed by atoms with Gasteiger partial charge in [0.2, 0.25) is 5.91 Å². The summed E-state index contributed by atoms with van der Waals surface area (Å²) in [7, 11) is 1.59. The average Bonchev–Trinajstić information content (AvgIpc) is 2.23. The van der Waals surface area contributed by atoms with Crippen LogP contribution in [0.2, 0.25) is 0 Å². The van der Waals surface area contributed by atoms with Gasteiger partial charge in [-0.05, 0) is 18.1 Å². The largest absolute Gasteiger partial charge is 0.497 e. The molecule has 0 radical (unpaired) electrons. The molecule has 0 bridgehead atoms. The summed E-state index contributed by atoms with van der Waals surface area (Å²) in [5, 5.41) is 1.20. The van der Waals surface area contributed by atoms with Crippen molar-refractivity contribution in [1.29, 1.82) is 0 Å². The first-order valence-corrected chi connectivity index (χ1v) is 4.47. The first-order chi connectivity index (χ1) is 6.72. The summed E-state index contributed by atoms with van der Waals surface area (Å²) < 4.78 is 5.07. The summed E-state index contributed by atoms with van der Waals surface area (Å²) in [4.78, 5) is 11.3. The summed E-state index contributed by atoms with van der Waals surface area (Å²) in [5.41, 5.74) is 1.84. The number of hydrogen-bond donors (Lipinski definition) is 1. The Morgan fingerprint density at radius 3 is 2.93 bits per heavy atom. The first kappa shape index (κ1) is 9.02. The summed E-state index contributed by atoms with van der Waals surface area (Å²) in [5.74, 6) is 6.31. The maximum atomic E-state index is 11.3. The lowest BCUT2D eigenvalue weighted by Crippen LogP contribution is -2.40. The lowest BCUT2D eigenvalue weighted by atomic mass is 10.0. The number of nitrogens with zero attached hydrogens (tertiary/aromatic N) is 1. The molecule has 1 aliphatic heterocycles. The van der Waals surface area contributed by atoms with Gasteiger partial charge in [-0.15, -0.1) is 0 Å². The highest BCUT2D eigenvalue weighted by Gasteiger charge is 2.21. The van der Waals surface area contributed by atoms with E-state index in [-0.39, 0.29) is 5.91 Å². The van der Waals surface area contributed by atoms with Crippen molar-refractivity contribution >= 4 is 11.6 Å². The Morgan fingerprint density at radius 2 is 2.21 bits per heavy atom. The van der Waals surface area contributed by atoms with E-state index in [1.54, 1.807) is 13.2 Å². The van der Waals surface area contributed by atoms with Crippen molar-refractivity contribution in [2.24, 2.45) is 5.84 Å². The lowest BCUT2D eigenvalue weighted by molar-refractivity contribution is -0.118. The number of ether oxygens (including phenoxy) is 1. The summed E-state index contributed by atoms with van der Waals surface area (Å²) >= 11 is 0. The second kappa shape index (κ2) is 3.31. The number of hydrogen-bond acceptors (Lipinski definition) is 3. The van der Waals surface area contributed by atoms with Gasteiger partial charge in [-0.25, -0.2) is 10.9 Å². The number of anilines is 1. The van der Waals surface area contributed by atoms with Crippen LogP contribution < -0.4 is 15.6 Å². The van der Waals surface area contributed by atoms with E-state index in [0.717, 1.165) is 17.7 Å². The van der Waals surface area contributed by atoms with Gasteiger partial charge in [0, 0.05) is 12.5 Å². The van der Waals surface area contributed by atoms with E-state index in [0.29, 0.717) is 12.2 Å². The average molecular weight is 192 g/mol. The number of fused-ring (bicyclic) bond motifs is 1. The minimum atomic E-state index is -0.0502. The third-order valence-corrected chi connectivity index (χ3v) is 2.43. The van der Waals surface area contributed by atoms with Gasteiger partial charge in [0.1, 0.15) is 5.75 Å². The van der Waals surface area contributed by atoms with Crippen molar-refractivity contribution in [3.8, 4) is 5.75 Å². The molecular formula is C10H12N2O2. The number of rotatable bonds is 1. The fourth-order valence-corrected chi connectivity index (χ4v) is 1.60. The van der Waals surface area contributed by atoms with Gasteiger partial charge >= 0.3 is 0 Å². The van der Waals surface area contributed by atoms with E-state index in [1.165, 1.54) is 5.01 Å². The number of amides is 1. The zero-order chi connectivity index (χ0) is 10.1. The minimum absolute atomic E-state index is 0.0502. The monoisotopic (exact) mass is 192 g/mol. The van der Waals surface area contributed by atoms with E-state index >= 15 is 0 Å². The van der Waals surface area contributed by atoms with E-state index in [1.807, 2.05) is 12.1 Å². The second-order valence-electron chi connectivity index (χ2n) is 3.26. The predicted octanol–water partition coefficient (Wildman–Crippen LogP) is 0.848. The first-order valence-electron chi connectivity index (χ1n) is 4.47. The fourth-order valence-electron chi connectivity index (χ4n) is 1.60. The molecule has 1 aliphatic rings. The zero-order valence-electron chi connectivity index (χ0n) is 7.99. The molecule has 0 unspecified atom stereocenters. The van der Waals surface area contributed by atoms with Crippen molar-refractivity contribution in [3.63, 3.8) is 0 Å². The van der Waals surface area contributed by atoms with Crippen molar-refractivity contribution < 1.29 is 9.53 Å². The lowest BCUT2D eigenvalue weighted by Gasteiger charge is -2.25. The Labute approximate surface area is 82.2 Å². The van der Waals surface area contributed by atoms with Crippen molar-refractivity contribution in [1.82, 2.24) is 0 Å². The Kier molecular flexibility index (Phi) is 2.13. The van der Waals surface area contributed by atoms with E-state index in [4.69, 9.17) is 10.6 Å². The van der Waals surface area contributed by atoms with Crippen molar-refractivity contribution in [3.05, 3.63) is 23.8 Å². The number of aryl methyl sites for hydroxylation is 1. The Balaban J connectivity index is 2.46. The molecule has 0 spiro atoms. The van der Waals surface area contributed by atoms with E-state index in [9.17, 15) is 4.79 Å². The van der Waals surface area contributed by atoms with Crippen molar-refractivity contribution in [2.75, 3.05) is 12.1 Å². The highest BCUT2D eigenvalue weighted by Crippen LogP contribution is 2.29. The summed E-state index contributed by atoms with van der Waals surface area (Å²) in [6, 6.07) is 5.61. The van der Waals surface area contributed by atoms with Gasteiger partial charge in [0.05, 0.1) is 12.8 Å². The third-order valence-electron chi connectivity index (χ3n) is 2.43. The van der Waals surface area contributed by atoms with Gasteiger partial charge in [-0.2, -0.15) is 0 Å². The summed E-state index contributed by atoms with van der Waals surface area (Å²) in [6.45, 7) is 0. The van der Waals surface area contributed by atoms with Crippen LogP contribution in [0.25, 0.3) is 0 Å². The molecule has 0 atom stereocenters. The van der Waals surface area contributed by atoms with Crippen LogP contribution in [0.5, 0.6) is 5.75 Å². The zero-order valence-corrected chi connectivity index (χ0v) is 7.99. The molecule has 0 aromatic heterocycles. The molecular weight excluding hydrogens is 180 g/mol. The molecule has 2 rings (SSSR count). The third kappa shape index (κ3) is 1.33.